The van der Waals surface area contributed by atoms with Gasteiger partial charge in [0.2, 0.25) is 5.96 Å². The predicted molar refractivity (Wildman–Crippen MR) is 150 cm³/mol. The molecule has 1 aliphatic rings. The number of aliphatic imine (C=N–C) groups is 1. The van der Waals surface area contributed by atoms with E-state index in [1.54, 1.807) is 36.5 Å². The molecule has 2 aromatic carbocycles. The Morgan fingerprint density at radius 1 is 1.18 bits per heavy atom. The maximum absolute atomic E-state index is 14.4. The Hall–Kier alpha value is -3.27. The molecular weight excluding hydrogens is 572 g/mol. The van der Waals surface area contributed by atoms with Gasteiger partial charge >= 0.3 is 6.09 Å². The van der Waals surface area contributed by atoms with E-state index >= 15 is 0 Å². The Morgan fingerprint density at radius 3 is 2.47 bits per heavy atom. The van der Waals surface area contributed by atoms with Crippen LogP contribution in [-0.2, 0) is 10.3 Å². The highest BCUT2D eigenvalue weighted by molar-refractivity contribution is 9.10. The van der Waals surface area contributed by atoms with Crippen LogP contribution in [0.1, 0.15) is 44.4 Å². The summed E-state index contributed by atoms with van der Waals surface area (Å²) in [5.41, 5.74) is 0.806. The first kappa shape index (κ1) is 27.8. The van der Waals surface area contributed by atoms with Gasteiger partial charge in [-0.05, 0) is 59.4 Å². The largest absolute Gasteiger partial charge is 0.463 e. The van der Waals surface area contributed by atoms with Crippen LogP contribution >= 0.6 is 27.5 Å². The van der Waals surface area contributed by atoms with Gasteiger partial charge in [-0.25, -0.2) is 4.79 Å². The lowest BCUT2D eigenvalue weighted by atomic mass is 9.75. The molecule has 0 aliphatic carbocycles. The summed E-state index contributed by atoms with van der Waals surface area (Å²) < 4.78 is 0.838. The summed E-state index contributed by atoms with van der Waals surface area (Å²) in [6, 6.07) is 16.9. The molecule has 2 atom stereocenters. The van der Waals surface area contributed by atoms with Crippen molar-refractivity contribution in [2.45, 2.75) is 38.8 Å². The molecule has 38 heavy (non-hydrogen) atoms. The number of halogens is 2. The normalized spacial score (nSPS) is 19.5. The summed E-state index contributed by atoms with van der Waals surface area (Å²) in [5, 5.41) is 23.8. The summed E-state index contributed by atoms with van der Waals surface area (Å²) in [6.07, 6.45) is 0.523. The number of pyridine rings is 1. The van der Waals surface area contributed by atoms with Gasteiger partial charge in [-0.1, -0.05) is 72.6 Å². The minimum atomic E-state index is -1.46. The quantitative estimate of drug-likeness (QED) is 0.320. The summed E-state index contributed by atoms with van der Waals surface area (Å²) >= 11 is 9.91. The fourth-order valence-corrected chi connectivity index (χ4v) is 5.30. The van der Waals surface area contributed by atoms with Gasteiger partial charge in [0.1, 0.15) is 5.54 Å². The number of nitrogens with zero attached hydrogens (tertiary/aromatic N) is 3. The van der Waals surface area contributed by atoms with E-state index in [0.717, 1.165) is 4.47 Å². The number of benzene rings is 2. The standard InChI is InChI=1S/C28H28BrClN4O4/c1-27(2,3)16-28(18-8-10-19(29)11-9-18)24(36)34(25(33-28)32-26(37)38)23(15-35)17-7-12-21(30)20(14-17)22-6-4-5-13-31-22/h4-14,23,35H,15-16H2,1-3H3,(H,32,33)(H,37,38)/t23-,28-/m1/s1. The van der Waals surface area contributed by atoms with Crippen LogP contribution in [0, 0.1) is 5.41 Å². The van der Waals surface area contributed by atoms with Crippen molar-refractivity contribution < 1.29 is 19.8 Å². The maximum atomic E-state index is 14.4. The molecule has 1 aliphatic heterocycles. The van der Waals surface area contributed by atoms with Crippen LogP contribution < -0.4 is 5.32 Å². The Morgan fingerprint density at radius 2 is 1.89 bits per heavy atom. The van der Waals surface area contributed by atoms with Crippen molar-refractivity contribution in [3.05, 3.63) is 87.5 Å². The lowest BCUT2D eigenvalue weighted by molar-refractivity contribution is -0.134. The average molecular weight is 600 g/mol. The number of amides is 2. The molecule has 10 heteroatoms. The molecule has 3 aromatic rings. The first-order valence-electron chi connectivity index (χ1n) is 12.0. The van der Waals surface area contributed by atoms with E-state index in [9.17, 15) is 19.8 Å². The number of guanidine groups is 1. The Bertz CT molecular complexity index is 1380. The molecule has 0 bridgehead atoms. The van der Waals surface area contributed by atoms with E-state index in [2.05, 4.69) is 31.2 Å². The molecule has 4 rings (SSSR count). The number of nitrogens with one attached hydrogen (secondary N) is 1. The first-order valence-corrected chi connectivity index (χ1v) is 13.1. The third-order valence-corrected chi connectivity index (χ3v) is 7.13. The van der Waals surface area contributed by atoms with Crippen molar-refractivity contribution in [3.63, 3.8) is 0 Å². The van der Waals surface area contributed by atoms with Crippen LogP contribution in [0.4, 0.5) is 4.79 Å². The van der Waals surface area contributed by atoms with Gasteiger partial charge in [0.15, 0.2) is 0 Å². The summed E-state index contributed by atoms with van der Waals surface area (Å²) in [5.74, 6) is -0.564. The van der Waals surface area contributed by atoms with Crippen molar-refractivity contribution >= 4 is 45.5 Å². The number of hydrogen-bond donors (Lipinski definition) is 3. The van der Waals surface area contributed by atoms with Crippen LogP contribution in [0.25, 0.3) is 11.3 Å². The van der Waals surface area contributed by atoms with Crippen LogP contribution in [0.5, 0.6) is 0 Å². The maximum Gasteiger partial charge on any atom is 0.434 e. The highest BCUT2D eigenvalue weighted by atomic mass is 79.9. The Labute approximate surface area is 234 Å². The molecule has 0 radical (unpaired) electrons. The van der Waals surface area contributed by atoms with E-state index in [-0.39, 0.29) is 11.4 Å². The number of rotatable bonds is 6. The summed E-state index contributed by atoms with van der Waals surface area (Å²) in [4.78, 5) is 35.5. The van der Waals surface area contributed by atoms with Crippen molar-refractivity contribution in [1.29, 1.82) is 0 Å². The van der Waals surface area contributed by atoms with Crippen molar-refractivity contribution in [2.24, 2.45) is 10.4 Å². The lowest BCUT2D eigenvalue weighted by Crippen LogP contribution is -2.47. The van der Waals surface area contributed by atoms with Gasteiger partial charge in [-0.15, -0.1) is 4.99 Å². The van der Waals surface area contributed by atoms with Crippen LogP contribution in [0.15, 0.2) is 76.3 Å². The molecule has 3 N–H and O–H groups in total. The fraction of sp³-hybridized carbons (Fsp3) is 0.286. The van der Waals surface area contributed by atoms with Gasteiger partial charge in [0.05, 0.1) is 18.3 Å². The summed E-state index contributed by atoms with van der Waals surface area (Å²) in [7, 11) is 0. The van der Waals surface area contributed by atoms with Crippen LogP contribution in [0.2, 0.25) is 5.02 Å². The monoisotopic (exact) mass is 598 g/mol. The van der Waals surface area contributed by atoms with E-state index in [4.69, 9.17) is 11.6 Å². The number of hydrogen-bond acceptors (Lipinski definition) is 4. The molecule has 0 unspecified atom stereocenters. The van der Waals surface area contributed by atoms with Gasteiger partial charge in [0.25, 0.3) is 5.91 Å². The molecule has 2 amide bonds. The van der Waals surface area contributed by atoms with E-state index in [0.29, 0.717) is 33.8 Å². The van der Waals surface area contributed by atoms with Gasteiger partial charge < -0.3 is 15.5 Å². The molecule has 198 valence electrons. The molecular formula is C28H28BrClN4O4. The topological polar surface area (TPSA) is 115 Å². The lowest BCUT2D eigenvalue weighted by Gasteiger charge is -2.34. The second kappa shape index (κ2) is 10.8. The molecule has 2 heterocycles. The number of aliphatic hydroxyl groups excluding tert-OH is 1. The van der Waals surface area contributed by atoms with Gasteiger partial charge in [-0.2, -0.15) is 0 Å². The number of aliphatic hydroxyl groups is 1. The Balaban J connectivity index is 1.88. The van der Waals surface area contributed by atoms with E-state index in [1.165, 1.54) is 4.90 Å². The zero-order chi connectivity index (χ0) is 27.7. The molecule has 1 aromatic heterocycles. The number of aromatic nitrogens is 1. The molecule has 8 nitrogen and oxygen atoms in total. The minimum absolute atomic E-state index is 0.150. The number of carboxylic acid groups (broad SMARTS) is 1. The minimum Gasteiger partial charge on any atom is -0.463 e. The van der Waals surface area contributed by atoms with Crippen molar-refractivity contribution in [1.82, 2.24) is 15.2 Å². The van der Waals surface area contributed by atoms with Crippen molar-refractivity contribution in [3.8, 4) is 11.3 Å². The predicted octanol–water partition coefficient (Wildman–Crippen LogP) is 6.00. The van der Waals surface area contributed by atoms with Gasteiger partial charge in [0, 0.05) is 21.3 Å². The van der Waals surface area contributed by atoms with E-state index < -0.39 is 30.2 Å². The molecule has 0 saturated carbocycles. The smallest absolute Gasteiger partial charge is 0.434 e. The van der Waals surface area contributed by atoms with Crippen molar-refractivity contribution in [2.75, 3.05) is 6.61 Å². The van der Waals surface area contributed by atoms with Crippen LogP contribution in [0.3, 0.4) is 0 Å². The Kier molecular flexibility index (Phi) is 7.92. The molecule has 0 spiro atoms. The fourth-order valence-electron chi connectivity index (χ4n) is 4.82. The van der Waals surface area contributed by atoms with Gasteiger partial charge in [-0.3, -0.25) is 14.7 Å². The summed E-state index contributed by atoms with van der Waals surface area (Å²) in [6.45, 7) is 5.52. The first-order chi connectivity index (χ1) is 17.9. The average Bonchev–Trinajstić information content (AvgIpc) is 3.11. The molecule has 1 saturated heterocycles. The zero-order valence-electron chi connectivity index (χ0n) is 21.2. The zero-order valence-corrected chi connectivity index (χ0v) is 23.5. The molecule has 1 fully saturated rings. The third-order valence-electron chi connectivity index (χ3n) is 6.27. The second-order valence-electron chi connectivity index (χ2n) is 10.3. The highest BCUT2D eigenvalue weighted by Gasteiger charge is 2.55. The third kappa shape index (κ3) is 5.60. The SMILES string of the molecule is CC(C)(C)C[C@]1(c2ccc(Br)cc2)N/C(=N\C(=O)O)N([C@H](CO)c2ccc(Cl)c(-c3ccccn3)c2)C1=O. The number of carbonyl (C=O) groups excluding carboxylic acids is 1. The number of carbonyl (C=O) groups is 2. The van der Waals surface area contributed by atoms with E-state index in [1.807, 2.05) is 51.1 Å². The van der Waals surface area contributed by atoms with Crippen LogP contribution in [-0.4, -0.2) is 44.7 Å². The second-order valence-corrected chi connectivity index (χ2v) is 11.6. The highest BCUT2D eigenvalue weighted by Crippen LogP contribution is 2.43.